The number of hydrogen-bond acceptors (Lipinski definition) is 5. The maximum atomic E-state index is 11.0. The molecule has 0 fully saturated rings. The molecule has 13 heavy (non-hydrogen) atoms. The summed E-state index contributed by atoms with van der Waals surface area (Å²) in [5, 5.41) is 11.2. The molecule has 0 aromatic carbocycles. The van der Waals surface area contributed by atoms with Gasteiger partial charge in [-0.1, -0.05) is 5.04 Å². The van der Waals surface area contributed by atoms with Gasteiger partial charge in [0.2, 0.25) is 5.91 Å². The van der Waals surface area contributed by atoms with Crippen molar-refractivity contribution in [2.45, 2.75) is 26.8 Å². The highest BCUT2D eigenvalue weighted by Gasteiger charge is 2.11. The summed E-state index contributed by atoms with van der Waals surface area (Å²) in [5.41, 5.74) is 0. The number of carbonyl (C=O) groups excluding carboxylic acids is 1. The van der Waals surface area contributed by atoms with E-state index in [1.165, 1.54) is 6.92 Å². The number of nitrogens with zero attached hydrogens (tertiary/aromatic N) is 1. The second kappa shape index (κ2) is 7.14. The van der Waals surface area contributed by atoms with E-state index in [2.05, 4.69) is 9.37 Å². The third-order valence-electron chi connectivity index (χ3n) is 1.52. The van der Waals surface area contributed by atoms with Crippen LogP contribution in [0.15, 0.2) is 0 Å². The Balaban J connectivity index is 3.64. The van der Waals surface area contributed by atoms with Gasteiger partial charge in [0.1, 0.15) is 0 Å². The lowest BCUT2D eigenvalue weighted by Gasteiger charge is -2.24. The maximum absolute atomic E-state index is 11.0. The summed E-state index contributed by atoms with van der Waals surface area (Å²) in [6.45, 7) is 5.97. The lowest BCUT2D eigenvalue weighted by Crippen LogP contribution is -2.36. The quantitative estimate of drug-likeness (QED) is 0.309. The van der Waals surface area contributed by atoms with Crippen LogP contribution in [0.2, 0.25) is 0 Å². The van der Waals surface area contributed by atoms with E-state index in [1.54, 1.807) is 4.90 Å². The van der Waals surface area contributed by atoms with E-state index < -0.39 is 0 Å². The third-order valence-corrected chi connectivity index (χ3v) is 2.03. The van der Waals surface area contributed by atoms with Gasteiger partial charge in [-0.25, -0.2) is 5.26 Å². The van der Waals surface area contributed by atoms with Gasteiger partial charge in [-0.15, -0.1) is 4.33 Å². The largest absolute Gasteiger partial charge is 0.340 e. The van der Waals surface area contributed by atoms with Gasteiger partial charge in [0.25, 0.3) is 0 Å². The lowest BCUT2D eigenvalue weighted by atomic mass is 10.3. The average molecular weight is 209 g/mol. The lowest BCUT2D eigenvalue weighted by molar-refractivity contribution is -0.432. The molecule has 5 nitrogen and oxygen atoms in total. The van der Waals surface area contributed by atoms with E-state index in [9.17, 15) is 4.79 Å². The fourth-order valence-electron chi connectivity index (χ4n) is 0.970. The van der Waals surface area contributed by atoms with Crippen molar-refractivity contribution in [3.63, 3.8) is 0 Å². The summed E-state index contributed by atoms with van der Waals surface area (Å²) in [6, 6.07) is 0.174. The topological polar surface area (TPSA) is 59.0 Å². The van der Waals surface area contributed by atoms with Crippen molar-refractivity contribution >= 4 is 17.9 Å². The highest BCUT2D eigenvalue weighted by Crippen LogP contribution is 2.05. The zero-order valence-corrected chi connectivity index (χ0v) is 8.84. The fraction of sp³-hybridized carbons (Fsp3) is 0.857. The van der Waals surface area contributed by atoms with Crippen LogP contribution >= 0.6 is 12.0 Å². The second-order valence-corrected chi connectivity index (χ2v) is 3.55. The van der Waals surface area contributed by atoms with Crippen LogP contribution in [-0.4, -0.2) is 34.4 Å². The first-order valence-corrected chi connectivity index (χ1v) is 4.87. The molecule has 0 heterocycles. The Hall–Kier alpha value is -0.300. The molecular weight excluding hydrogens is 194 g/mol. The molecule has 0 rings (SSSR count). The molecule has 0 spiro atoms. The molecule has 0 aromatic rings. The summed E-state index contributed by atoms with van der Waals surface area (Å²) >= 11 is 0.950. The second-order valence-electron chi connectivity index (χ2n) is 2.77. The predicted octanol–water partition coefficient (Wildman–Crippen LogP) is 1.31. The molecule has 0 aliphatic rings. The van der Waals surface area contributed by atoms with Crippen molar-refractivity contribution in [3.8, 4) is 0 Å². The fourth-order valence-corrected chi connectivity index (χ4v) is 1.35. The molecule has 0 atom stereocenters. The van der Waals surface area contributed by atoms with Crippen LogP contribution < -0.4 is 0 Å². The monoisotopic (exact) mass is 209 g/mol. The van der Waals surface area contributed by atoms with Gasteiger partial charge in [-0.2, -0.15) is 0 Å². The van der Waals surface area contributed by atoms with Crippen molar-refractivity contribution in [1.82, 2.24) is 4.90 Å². The van der Waals surface area contributed by atoms with Crippen LogP contribution in [0, 0.1) is 0 Å². The van der Waals surface area contributed by atoms with Gasteiger partial charge in [-0.3, -0.25) is 4.79 Å². The SMILES string of the molecule is CC(=O)N(CCSOOO)C(C)C. The van der Waals surface area contributed by atoms with Crippen molar-refractivity contribution in [1.29, 1.82) is 0 Å². The zero-order chi connectivity index (χ0) is 10.3. The molecule has 1 amide bonds. The van der Waals surface area contributed by atoms with Crippen LogP contribution in [-0.2, 0) is 14.2 Å². The molecule has 0 aromatic heterocycles. The Morgan fingerprint density at radius 1 is 1.62 bits per heavy atom. The molecular formula is C7H15NO4S. The summed E-state index contributed by atoms with van der Waals surface area (Å²) in [7, 11) is 0. The average Bonchev–Trinajstić information content (AvgIpc) is 2.02. The smallest absolute Gasteiger partial charge is 0.219 e. The van der Waals surface area contributed by atoms with E-state index in [1.807, 2.05) is 13.8 Å². The van der Waals surface area contributed by atoms with E-state index in [0.717, 1.165) is 12.0 Å². The molecule has 0 unspecified atom stereocenters. The minimum atomic E-state index is 0.0283. The van der Waals surface area contributed by atoms with Gasteiger partial charge in [0.05, 0.1) is 0 Å². The first-order valence-electron chi connectivity index (χ1n) is 3.96. The van der Waals surface area contributed by atoms with Crippen LogP contribution in [0.1, 0.15) is 20.8 Å². The Bertz CT molecular complexity index is 153. The van der Waals surface area contributed by atoms with E-state index in [4.69, 9.17) is 5.26 Å². The first kappa shape index (κ1) is 12.7. The summed E-state index contributed by atoms with van der Waals surface area (Å²) < 4.78 is 4.18. The van der Waals surface area contributed by atoms with Gasteiger partial charge >= 0.3 is 0 Å². The van der Waals surface area contributed by atoms with Crippen LogP contribution in [0.25, 0.3) is 0 Å². The molecule has 0 saturated carbocycles. The van der Waals surface area contributed by atoms with E-state index in [0.29, 0.717) is 12.3 Å². The summed E-state index contributed by atoms with van der Waals surface area (Å²) in [4.78, 5) is 12.7. The molecule has 1 N–H and O–H groups in total. The van der Waals surface area contributed by atoms with Crippen LogP contribution in [0.5, 0.6) is 0 Å². The first-order chi connectivity index (χ1) is 6.09. The number of carbonyl (C=O) groups is 1. The molecule has 0 aliphatic heterocycles. The molecule has 0 saturated heterocycles. The van der Waals surface area contributed by atoms with Crippen LogP contribution in [0.3, 0.4) is 0 Å². The number of hydrogen-bond donors (Lipinski definition) is 1. The molecule has 78 valence electrons. The van der Waals surface area contributed by atoms with Crippen LogP contribution in [0.4, 0.5) is 0 Å². The predicted molar refractivity (Wildman–Crippen MR) is 49.8 cm³/mol. The van der Waals surface area contributed by atoms with Gasteiger partial charge in [0, 0.05) is 37.3 Å². The minimum Gasteiger partial charge on any atom is -0.340 e. The highest BCUT2D eigenvalue weighted by atomic mass is 32.2. The Morgan fingerprint density at radius 2 is 2.23 bits per heavy atom. The Kier molecular flexibility index (Phi) is 6.97. The van der Waals surface area contributed by atoms with E-state index in [-0.39, 0.29) is 11.9 Å². The van der Waals surface area contributed by atoms with E-state index >= 15 is 0 Å². The Morgan fingerprint density at radius 3 is 2.62 bits per heavy atom. The van der Waals surface area contributed by atoms with Gasteiger partial charge in [0.15, 0.2) is 0 Å². The number of amides is 1. The van der Waals surface area contributed by atoms with Crippen molar-refractivity contribution < 1.29 is 19.4 Å². The van der Waals surface area contributed by atoms with Crippen molar-refractivity contribution in [3.05, 3.63) is 0 Å². The molecule has 0 aliphatic carbocycles. The standard InChI is InChI=1S/C7H15NO4S/c1-6(2)8(7(3)9)4-5-13-12-11-10/h6,10H,4-5H2,1-3H3. The third kappa shape index (κ3) is 5.87. The van der Waals surface area contributed by atoms with Crippen molar-refractivity contribution in [2.75, 3.05) is 12.3 Å². The molecule has 0 radical (unpaired) electrons. The highest BCUT2D eigenvalue weighted by molar-refractivity contribution is 7.94. The maximum Gasteiger partial charge on any atom is 0.219 e. The van der Waals surface area contributed by atoms with Gasteiger partial charge in [-0.05, 0) is 13.8 Å². The zero-order valence-electron chi connectivity index (χ0n) is 8.02. The summed E-state index contributed by atoms with van der Waals surface area (Å²) in [5.74, 6) is 0.582. The van der Waals surface area contributed by atoms with Gasteiger partial charge < -0.3 is 4.90 Å². The van der Waals surface area contributed by atoms with Crippen molar-refractivity contribution in [2.24, 2.45) is 0 Å². The molecule has 6 heteroatoms. The molecule has 0 bridgehead atoms. The summed E-state index contributed by atoms with van der Waals surface area (Å²) in [6.07, 6.45) is 0. The minimum absolute atomic E-state index is 0.0283. The Labute approximate surface area is 82.1 Å². The number of rotatable bonds is 6. The normalized spacial score (nSPS) is 10.5.